The molecule has 25 heavy (non-hydrogen) atoms. The molecule has 0 N–H and O–H groups in total. The average Bonchev–Trinajstić information content (AvgIpc) is 3.04. The minimum absolute atomic E-state index is 1.03. The smallest absolute Gasteiger partial charge is 0.0622 e. The SMILES string of the molecule is CCc1cc2ccccc2c2c1c1ccccc1n2-c1ccccc1. The highest BCUT2D eigenvalue weighted by Gasteiger charge is 2.17. The number of para-hydroxylation sites is 2. The van der Waals surface area contributed by atoms with Crippen LogP contribution in [0.1, 0.15) is 12.5 Å². The molecule has 1 heteroatoms. The number of benzene rings is 4. The second-order valence-corrected chi connectivity index (χ2v) is 6.52. The van der Waals surface area contributed by atoms with E-state index in [4.69, 9.17) is 0 Å². The number of hydrogen-bond acceptors (Lipinski definition) is 0. The zero-order valence-electron chi connectivity index (χ0n) is 14.2. The Morgan fingerprint density at radius 3 is 2.20 bits per heavy atom. The number of aromatic nitrogens is 1. The molecule has 0 amide bonds. The van der Waals surface area contributed by atoms with Crippen molar-refractivity contribution in [1.29, 1.82) is 0 Å². The summed E-state index contributed by atoms with van der Waals surface area (Å²) < 4.78 is 2.42. The zero-order chi connectivity index (χ0) is 16.8. The van der Waals surface area contributed by atoms with E-state index in [0.29, 0.717) is 0 Å². The van der Waals surface area contributed by atoms with Crippen LogP contribution in [-0.4, -0.2) is 4.57 Å². The lowest BCUT2D eigenvalue weighted by Gasteiger charge is -2.11. The number of hydrogen-bond donors (Lipinski definition) is 0. The van der Waals surface area contributed by atoms with Gasteiger partial charge in [0, 0.05) is 21.8 Å². The van der Waals surface area contributed by atoms with Crippen molar-refractivity contribution in [3.63, 3.8) is 0 Å². The third kappa shape index (κ3) is 2.02. The molecule has 1 heterocycles. The van der Waals surface area contributed by atoms with Crippen LogP contribution in [-0.2, 0) is 6.42 Å². The van der Waals surface area contributed by atoms with Gasteiger partial charge in [0.05, 0.1) is 11.0 Å². The average molecular weight is 321 g/mol. The predicted octanol–water partition coefficient (Wildman–Crippen LogP) is 6.50. The Labute approximate surface area is 147 Å². The van der Waals surface area contributed by atoms with E-state index in [-0.39, 0.29) is 0 Å². The largest absolute Gasteiger partial charge is 0.309 e. The molecule has 0 unspecified atom stereocenters. The number of rotatable bonds is 2. The Bertz CT molecular complexity index is 1210. The Morgan fingerprint density at radius 1 is 0.720 bits per heavy atom. The van der Waals surface area contributed by atoms with E-state index >= 15 is 0 Å². The molecule has 0 saturated carbocycles. The fourth-order valence-corrected chi connectivity index (χ4v) is 4.04. The second kappa shape index (κ2) is 5.49. The maximum absolute atomic E-state index is 2.42. The fourth-order valence-electron chi connectivity index (χ4n) is 4.04. The molecule has 1 nitrogen and oxygen atoms in total. The lowest BCUT2D eigenvalue weighted by molar-refractivity contribution is 1.16. The molecule has 0 aliphatic heterocycles. The molecule has 5 aromatic rings. The molecule has 120 valence electrons. The highest BCUT2D eigenvalue weighted by atomic mass is 15.0. The molecule has 1 aromatic heterocycles. The first-order chi connectivity index (χ1) is 12.4. The second-order valence-electron chi connectivity index (χ2n) is 6.52. The Morgan fingerprint density at radius 2 is 1.40 bits per heavy atom. The molecule has 0 bridgehead atoms. The molecule has 4 aromatic carbocycles. The Kier molecular flexibility index (Phi) is 3.14. The first kappa shape index (κ1) is 14.3. The van der Waals surface area contributed by atoms with Crippen molar-refractivity contribution in [2.45, 2.75) is 13.3 Å². The van der Waals surface area contributed by atoms with Gasteiger partial charge in [0.2, 0.25) is 0 Å². The summed E-state index contributed by atoms with van der Waals surface area (Å²) in [5.74, 6) is 0. The highest BCUT2D eigenvalue weighted by molar-refractivity contribution is 6.20. The lowest BCUT2D eigenvalue weighted by Crippen LogP contribution is -1.94. The summed E-state index contributed by atoms with van der Waals surface area (Å²) in [6.45, 7) is 2.25. The van der Waals surface area contributed by atoms with Gasteiger partial charge in [-0.15, -0.1) is 0 Å². The van der Waals surface area contributed by atoms with E-state index in [1.54, 1.807) is 0 Å². The molecule has 0 fully saturated rings. The maximum atomic E-state index is 2.42. The van der Waals surface area contributed by atoms with Crippen molar-refractivity contribution in [1.82, 2.24) is 4.57 Å². The summed E-state index contributed by atoms with van der Waals surface area (Å²) in [5, 5.41) is 5.35. The number of nitrogens with zero attached hydrogens (tertiary/aromatic N) is 1. The van der Waals surface area contributed by atoms with Gasteiger partial charge in [0.1, 0.15) is 0 Å². The van der Waals surface area contributed by atoms with E-state index in [2.05, 4.69) is 96.4 Å². The Hall–Kier alpha value is -3.06. The maximum Gasteiger partial charge on any atom is 0.0622 e. The zero-order valence-corrected chi connectivity index (χ0v) is 14.2. The van der Waals surface area contributed by atoms with Crippen LogP contribution < -0.4 is 0 Å². The van der Waals surface area contributed by atoms with E-state index in [1.165, 1.54) is 43.8 Å². The standard InChI is InChI=1S/C24H19N/c1-2-17-16-18-10-6-7-13-20(18)24-23(17)21-14-8-9-15-22(21)25(24)19-11-4-3-5-12-19/h3-16H,2H2,1H3. The summed E-state index contributed by atoms with van der Waals surface area (Å²) in [6.07, 6.45) is 1.03. The summed E-state index contributed by atoms with van der Waals surface area (Å²) >= 11 is 0. The Balaban J connectivity index is 2.12. The fraction of sp³-hybridized carbons (Fsp3) is 0.0833. The molecular formula is C24H19N. The highest BCUT2D eigenvalue weighted by Crippen LogP contribution is 2.38. The number of fused-ring (bicyclic) bond motifs is 5. The van der Waals surface area contributed by atoms with Gasteiger partial charge in [-0.1, -0.05) is 73.7 Å². The number of aryl methyl sites for hydroxylation is 1. The third-order valence-corrected chi connectivity index (χ3v) is 5.14. The monoisotopic (exact) mass is 321 g/mol. The van der Waals surface area contributed by atoms with Gasteiger partial charge in [0.15, 0.2) is 0 Å². The normalized spacial score (nSPS) is 11.6. The van der Waals surface area contributed by atoms with E-state index in [9.17, 15) is 0 Å². The van der Waals surface area contributed by atoms with Crippen molar-refractivity contribution in [2.75, 3.05) is 0 Å². The summed E-state index contributed by atoms with van der Waals surface area (Å²) in [5.41, 5.74) is 5.23. The van der Waals surface area contributed by atoms with Crippen LogP contribution in [0.3, 0.4) is 0 Å². The topological polar surface area (TPSA) is 4.93 Å². The van der Waals surface area contributed by atoms with Crippen molar-refractivity contribution in [2.24, 2.45) is 0 Å². The van der Waals surface area contributed by atoms with Crippen LogP contribution >= 0.6 is 0 Å². The molecule has 0 spiro atoms. The summed E-state index contributed by atoms with van der Waals surface area (Å²) in [7, 11) is 0. The quantitative estimate of drug-likeness (QED) is 0.350. The lowest BCUT2D eigenvalue weighted by atomic mass is 9.98. The van der Waals surface area contributed by atoms with Crippen molar-refractivity contribution in [3.8, 4) is 5.69 Å². The summed E-state index contributed by atoms with van der Waals surface area (Å²) in [6, 6.07) is 30.6. The van der Waals surface area contributed by atoms with Gasteiger partial charge in [-0.3, -0.25) is 0 Å². The summed E-state index contributed by atoms with van der Waals surface area (Å²) in [4.78, 5) is 0. The van der Waals surface area contributed by atoms with Crippen LogP contribution in [0.4, 0.5) is 0 Å². The molecule has 0 radical (unpaired) electrons. The van der Waals surface area contributed by atoms with Gasteiger partial charge < -0.3 is 4.57 Å². The first-order valence-electron chi connectivity index (χ1n) is 8.87. The van der Waals surface area contributed by atoms with Crippen LogP contribution in [0.5, 0.6) is 0 Å². The van der Waals surface area contributed by atoms with E-state index < -0.39 is 0 Å². The van der Waals surface area contributed by atoms with Gasteiger partial charge in [-0.2, -0.15) is 0 Å². The third-order valence-electron chi connectivity index (χ3n) is 5.14. The molecule has 0 aliphatic carbocycles. The van der Waals surface area contributed by atoms with Crippen molar-refractivity contribution >= 4 is 32.6 Å². The van der Waals surface area contributed by atoms with Gasteiger partial charge in [-0.05, 0) is 35.6 Å². The molecule has 0 saturated heterocycles. The minimum Gasteiger partial charge on any atom is -0.309 e. The molecule has 0 aliphatic rings. The van der Waals surface area contributed by atoms with Gasteiger partial charge in [0.25, 0.3) is 0 Å². The van der Waals surface area contributed by atoms with Crippen LogP contribution in [0.2, 0.25) is 0 Å². The van der Waals surface area contributed by atoms with Gasteiger partial charge in [-0.25, -0.2) is 0 Å². The molecule has 5 rings (SSSR count). The van der Waals surface area contributed by atoms with E-state index in [1.807, 2.05) is 0 Å². The minimum atomic E-state index is 1.03. The van der Waals surface area contributed by atoms with Crippen LogP contribution in [0.25, 0.3) is 38.3 Å². The molecule has 0 atom stereocenters. The molecular weight excluding hydrogens is 302 g/mol. The van der Waals surface area contributed by atoms with Crippen molar-refractivity contribution in [3.05, 3.63) is 90.5 Å². The van der Waals surface area contributed by atoms with Crippen LogP contribution in [0.15, 0.2) is 84.9 Å². The van der Waals surface area contributed by atoms with Gasteiger partial charge >= 0.3 is 0 Å². The van der Waals surface area contributed by atoms with Crippen LogP contribution in [0, 0.1) is 0 Å². The predicted molar refractivity (Wildman–Crippen MR) is 108 cm³/mol. The first-order valence-corrected chi connectivity index (χ1v) is 8.87. The van der Waals surface area contributed by atoms with E-state index in [0.717, 1.165) is 6.42 Å². The van der Waals surface area contributed by atoms with Crippen molar-refractivity contribution < 1.29 is 0 Å².